The van der Waals surface area contributed by atoms with Gasteiger partial charge in [-0.15, -0.1) is 0 Å². The number of amides is 1. The number of aryl methyl sites for hydroxylation is 2. The summed E-state index contributed by atoms with van der Waals surface area (Å²) < 4.78 is 1.39. The Hall–Kier alpha value is -2.43. The van der Waals surface area contributed by atoms with Crippen molar-refractivity contribution in [2.24, 2.45) is 5.92 Å². The van der Waals surface area contributed by atoms with Crippen molar-refractivity contribution in [3.8, 4) is 11.3 Å². The van der Waals surface area contributed by atoms with Crippen LogP contribution in [-0.2, 0) is 11.3 Å². The average Bonchev–Trinajstić information content (AvgIpc) is 2.64. The van der Waals surface area contributed by atoms with Crippen molar-refractivity contribution in [2.75, 3.05) is 0 Å². The molecule has 1 amide bonds. The third-order valence-electron chi connectivity index (χ3n) is 5.22. The summed E-state index contributed by atoms with van der Waals surface area (Å²) in [5.74, 6) is 0.525. The van der Waals surface area contributed by atoms with Gasteiger partial charge in [-0.25, -0.2) is 4.68 Å². The molecule has 138 valence electrons. The number of benzene rings is 1. The van der Waals surface area contributed by atoms with Crippen LogP contribution in [0.25, 0.3) is 11.3 Å². The summed E-state index contributed by atoms with van der Waals surface area (Å²) in [4.78, 5) is 24.4. The first-order valence-corrected chi connectivity index (χ1v) is 9.47. The average molecular weight is 353 g/mol. The van der Waals surface area contributed by atoms with Crippen LogP contribution in [0.4, 0.5) is 0 Å². The lowest BCUT2D eigenvalue weighted by atomic mass is 9.86. The van der Waals surface area contributed by atoms with Gasteiger partial charge in [-0.2, -0.15) is 5.10 Å². The highest BCUT2D eigenvalue weighted by molar-refractivity contribution is 5.76. The maximum atomic E-state index is 12.3. The fourth-order valence-corrected chi connectivity index (χ4v) is 3.50. The molecule has 0 spiro atoms. The topological polar surface area (TPSA) is 64.0 Å². The van der Waals surface area contributed by atoms with E-state index < -0.39 is 0 Å². The Labute approximate surface area is 154 Å². The van der Waals surface area contributed by atoms with Gasteiger partial charge in [-0.1, -0.05) is 49.6 Å². The molecule has 0 unspecified atom stereocenters. The Bertz CT molecular complexity index is 811. The number of hydrogen-bond donors (Lipinski definition) is 1. The van der Waals surface area contributed by atoms with Crippen molar-refractivity contribution < 1.29 is 4.79 Å². The van der Waals surface area contributed by atoms with E-state index in [-0.39, 0.29) is 23.9 Å². The van der Waals surface area contributed by atoms with Gasteiger partial charge in [0.25, 0.3) is 5.56 Å². The van der Waals surface area contributed by atoms with E-state index in [1.807, 2.05) is 31.2 Å². The lowest BCUT2D eigenvalue weighted by Crippen LogP contribution is -2.41. The van der Waals surface area contributed by atoms with Gasteiger partial charge in [-0.05, 0) is 31.7 Å². The third-order valence-corrected chi connectivity index (χ3v) is 5.22. The van der Waals surface area contributed by atoms with E-state index >= 15 is 0 Å². The SMILES string of the molecule is Cc1ccc(-c2ccc(=O)n(CCC(=O)N[C@@H]3CCCC[C@H]3C)n2)cc1. The van der Waals surface area contributed by atoms with Gasteiger partial charge in [-0.3, -0.25) is 9.59 Å². The molecule has 1 aliphatic rings. The fraction of sp³-hybridized carbons (Fsp3) is 0.476. The molecule has 1 N–H and O–H groups in total. The smallest absolute Gasteiger partial charge is 0.266 e. The zero-order valence-electron chi connectivity index (χ0n) is 15.6. The standard InChI is InChI=1S/C21H27N3O2/c1-15-7-9-17(10-8-15)19-11-12-21(26)24(23-19)14-13-20(25)22-18-6-4-3-5-16(18)2/h7-12,16,18H,3-6,13-14H2,1-2H3,(H,22,25)/t16-,18-/m1/s1. The van der Waals surface area contributed by atoms with Gasteiger partial charge in [0.1, 0.15) is 0 Å². The number of nitrogens with zero attached hydrogens (tertiary/aromatic N) is 2. The predicted octanol–water partition coefficient (Wildman–Crippen LogP) is 3.30. The minimum absolute atomic E-state index is 0.00168. The Morgan fingerprint density at radius 3 is 2.62 bits per heavy atom. The van der Waals surface area contributed by atoms with Crippen molar-refractivity contribution in [2.45, 2.75) is 58.5 Å². The van der Waals surface area contributed by atoms with Gasteiger partial charge in [0.05, 0.1) is 12.2 Å². The van der Waals surface area contributed by atoms with Crippen LogP contribution in [0, 0.1) is 12.8 Å². The first-order valence-electron chi connectivity index (χ1n) is 9.47. The maximum absolute atomic E-state index is 12.3. The first-order chi connectivity index (χ1) is 12.5. The summed E-state index contributed by atoms with van der Waals surface area (Å²) in [6.45, 7) is 4.52. The quantitative estimate of drug-likeness (QED) is 0.897. The molecule has 5 nitrogen and oxygen atoms in total. The Morgan fingerprint density at radius 1 is 1.15 bits per heavy atom. The van der Waals surface area contributed by atoms with E-state index in [4.69, 9.17) is 0 Å². The predicted molar refractivity (Wildman–Crippen MR) is 103 cm³/mol. The van der Waals surface area contributed by atoms with E-state index in [9.17, 15) is 9.59 Å². The molecule has 1 aliphatic carbocycles. The van der Waals surface area contributed by atoms with E-state index in [1.54, 1.807) is 6.07 Å². The Morgan fingerprint density at radius 2 is 1.88 bits per heavy atom. The van der Waals surface area contributed by atoms with Gasteiger partial charge in [0, 0.05) is 24.1 Å². The first kappa shape index (κ1) is 18.4. The van der Waals surface area contributed by atoms with Crippen molar-refractivity contribution in [3.63, 3.8) is 0 Å². The fourth-order valence-electron chi connectivity index (χ4n) is 3.50. The summed E-state index contributed by atoms with van der Waals surface area (Å²) in [5.41, 5.74) is 2.70. The van der Waals surface area contributed by atoms with Gasteiger partial charge < -0.3 is 5.32 Å². The summed E-state index contributed by atoms with van der Waals surface area (Å²) in [7, 11) is 0. The molecule has 1 heterocycles. The van der Waals surface area contributed by atoms with Crippen LogP contribution in [0.3, 0.4) is 0 Å². The number of carbonyl (C=O) groups is 1. The zero-order valence-corrected chi connectivity index (χ0v) is 15.6. The molecule has 1 saturated carbocycles. The maximum Gasteiger partial charge on any atom is 0.266 e. The van der Waals surface area contributed by atoms with Crippen LogP contribution < -0.4 is 10.9 Å². The van der Waals surface area contributed by atoms with Crippen LogP contribution in [0.5, 0.6) is 0 Å². The van der Waals surface area contributed by atoms with E-state index in [1.165, 1.54) is 35.6 Å². The van der Waals surface area contributed by atoms with Crippen molar-refractivity contribution >= 4 is 5.91 Å². The monoisotopic (exact) mass is 353 g/mol. The van der Waals surface area contributed by atoms with E-state index in [2.05, 4.69) is 17.3 Å². The molecular weight excluding hydrogens is 326 g/mol. The minimum atomic E-state index is -0.181. The van der Waals surface area contributed by atoms with Crippen molar-refractivity contribution in [1.82, 2.24) is 15.1 Å². The van der Waals surface area contributed by atoms with Crippen LogP contribution in [-0.4, -0.2) is 21.7 Å². The third kappa shape index (κ3) is 4.59. The van der Waals surface area contributed by atoms with Gasteiger partial charge in [0.15, 0.2) is 0 Å². The lowest BCUT2D eigenvalue weighted by molar-refractivity contribution is -0.122. The molecule has 5 heteroatoms. The highest BCUT2D eigenvalue weighted by Gasteiger charge is 2.22. The number of nitrogens with one attached hydrogen (secondary N) is 1. The highest BCUT2D eigenvalue weighted by atomic mass is 16.2. The number of carbonyl (C=O) groups excluding carboxylic acids is 1. The Kier molecular flexibility index (Phi) is 5.86. The Balaban J connectivity index is 1.64. The molecule has 1 aromatic heterocycles. The summed E-state index contributed by atoms with van der Waals surface area (Å²) in [6, 6.07) is 11.5. The molecule has 1 aromatic carbocycles. The zero-order chi connectivity index (χ0) is 18.5. The van der Waals surface area contributed by atoms with Crippen molar-refractivity contribution in [3.05, 3.63) is 52.3 Å². The van der Waals surface area contributed by atoms with Gasteiger partial charge in [0.2, 0.25) is 5.91 Å². The molecule has 0 saturated heterocycles. The van der Waals surface area contributed by atoms with Crippen LogP contribution in [0.15, 0.2) is 41.2 Å². The van der Waals surface area contributed by atoms with Crippen LogP contribution in [0.2, 0.25) is 0 Å². The summed E-state index contributed by atoms with van der Waals surface area (Å²) in [5, 5.41) is 7.56. The molecule has 1 fully saturated rings. The summed E-state index contributed by atoms with van der Waals surface area (Å²) in [6.07, 6.45) is 4.92. The van der Waals surface area contributed by atoms with Crippen molar-refractivity contribution in [1.29, 1.82) is 0 Å². The van der Waals surface area contributed by atoms with Crippen LogP contribution >= 0.6 is 0 Å². The van der Waals surface area contributed by atoms with E-state index in [0.717, 1.165) is 17.7 Å². The van der Waals surface area contributed by atoms with Crippen LogP contribution in [0.1, 0.15) is 44.6 Å². The largest absolute Gasteiger partial charge is 0.353 e. The molecule has 26 heavy (non-hydrogen) atoms. The minimum Gasteiger partial charge on any atom is -0.353 e. The molecular formula is C21H27N3O2. The number of rotatable bonds is 5. The molecule has 0 radical (unpaired) electrons. The molecule has 0 bridgehead atoms. The second kappa shape index (κ2) is 8.30. The second-order valence-electron chi connectivity index (χ2n) is 7.33. The number of aromatic nitrogens is 2. The molecule has 0 aliphatic heterocycles. The normalized spacial score (nSPS) is 19.9. The molecule has 3 rings (SSSR count). The summed E-state index contributed by atoms with van der Waals surface area (Å²) >= 11 is 0. The second-order valence-corrected chi connectivity index (χ2v) is 7.33. The van der Waals surface area contributed by atoms with Gasteiger partial charge >= 0.3 is 0 Å². The molecule has 2 atom stereocenters. The molecule has 2 aromatic rings. The number of hydrogen-bond acceptors (Lipinski definition) is 3. The van der Waals surface area contributed by atoms with E-state index in [0.29, 0.717) is 12.5 Å². The lowest BCUT2D eigenvalue weighted by Gasteiger charge is -2.29. The highest BCUT2D eigenvalue weighted by Crippen LogP contribution is 2.23.